The minimum absolute atomic E-state index is 0.522. The standard InChI is InChI=1S/C12H17NO2/c1-9-11(14-2)7-6-10(5-4-8-13)12(9)15-3/h4-7H,8,13H2,1-3H3/b5-4+. The second kappa shape index (κ2) is 5.41. The summed E-state index contributed by atoms with van der Waals surface area (Å²) in [6.07, 6.45) is 3.84. The van der Waals surface area contributed by atoms with Crippen LogP contribution in [0.2, 0.25) is 0 Å². The molecule has 0 aliphatic rings. The number of hydrogen-bond acceptors (Lipinski definition) is 3. The minimum atomic E-state index is 0.522. The van der Waals surface area contributed by atoms with Gasteiger partial charge in [-0.25, -0.2) is 0 Å². The van der Waals surface area contributed by atoms with Gasteiger partial charge in [0.25, 0.3) is 0 Å². The maximum Gasteiger partial charge on any atom is 0.132 e. The van der Waals surface area contributed by atoms with Crippen LogP contribution in [0.4, 0.5) is 0 Å². The van der Waals surface area contributed by atoms with Gasteiger partial charge in [0.15, 0.2) is 0 Å². The molecule has 0 saturated carbocycles. The Labute approximate surface area is 90.5 Å². The van der Waals surface area contributed by atoms with Crippen LogP contribution >= 0.6 is 0 Å². The Bertz CT molecular complexity index is 359. The Kier molecular flexibility index (Phi) is 4.18. The highest BCUT2D eigenvalue weighted by Crippen LogP contribution is 2.31. The lowest BCUT2D eigenvalue weighted by molar-refractivity contribution is 0.388. The maximum atomic E-state index is 5.41. The van der Waals surface area contributed by atoms with E-state index in [0.29, 0.717) is 6.54 Å². The highest BCUT2D eigenvalue weighted by Gasteiger charge is 2.08. The summed E-state index contributed by atoms with van der Waals surface area (Å²) in [7, 11) is 3.30. The first-order valence-electron chi connectivity index (χ1n) is 4.82. The lowest BCUT2D eigenvalue weighted by atomic mass is 10.1. The van der Waals surface area contributed by atoms with Crippen LogP contribution in [0, 0.1) is 6.92 Å². The summed E-state index contributed by atoms with van der Waals surface area (Å²) in [5, 5.41) is 0. The quantitative estimate of drug-likeness (QED) is 0.821. The molecule has 0 aromatic heterocycles. The lowest BCUT2D eigenvalue weighted by Gasteiger charge is -2.12. The molecular weight excluding hydrogens is 190 g/mol. The van der Waals surface area contributed by atoms with Crippen molar-refractivity contribution in [3.8, 4) is 11.5 Å². The molecule has 0 amide bonds. The topological polar surface area (TPSA) is 44.5 Å². The van der Waals surface area contributed by atoms with Gasteiger partial charge in [-0.3, -0.25) is 0 Å². The van der Waals surface area contributed by atoms with Gasteiger partial charge in [0.2, 0.25) is 0 Å². The second-order valence-corrected chi connectivity index (χ2v) is 3.15. The third-order valence-electron chi connectivity index (χ3n) is 2.24. The fourth-order valence-corrected chi connectivity index (χ4v) is 1.51. The smallest absolute Gasteiger partial charge is 0.132 e. The summed E-state index contributed by atoms with van der Waals surface area (Å²) < 4.78 is 10.6. The third-order valence-corrected chi connectivity index (χ3v) is 2.24. The van der Waals surface area contributed by atoms with Gasteiger partial charge in [-0.05, 0) is 19.1 Å². The van der Waals surface area contributed by atoms with Crippen molar-refractivity contribution in [2.45, 2.75) is 6.92 Å². The van der Waals surface area contributed by atoms with Gasteiger partial charge < -0.3 is 15.2 Å². The minimum Gasteiger partial charge on any atom is -0.496 e. The first-order valence-corrected chi connectivity index (χ1v) is 4.82. The average Bonchev–Trinajstić information content (AvgIpc) is 2.26. The summed E-state index contributed by atoms with van der Waals surface area (Å²) in [6.45, 7) is 2.49. The molecule has 0 unspecified atom stereocenters. The van der Waals surface area contributed by atoms with E-state index >= 15 is 0 Å². The number of nitrogens with two attached hydrogens (primary N) is 1. The summed E-state index contributed by atoms with van der Waals surface area (Å²) >= 11 is 0. The molecule has 0 radical (unpaired) electrons. The molecule has 15 heavy (non-hydrogen) atoms. The van der Waals surface area contributed by atoms with Crippen LogP contribution in [0.5, 0.6) is 11.5 Å². The monoisotopic (exact) mass is 207 g/mol. The van der Waals surface area contributed by atoms with E-state index in [1.54, 1.807) is 14.2 Å². The SMILES string of the molecule is COc1ccc(/C=C/CN)c(OC)c1C. The summed E-state index contributed by atoms with van der Waals surface area (Å²) in [5.41, 5.74) is 7.42. The van der Waals surface area contributed by atoms with Gasteiger partial charge in [0.1, 0.15) is 11.5 Å². The molecule has 0 aliphatic heterocycles. The predicted octanol–water partition coefficient (Wildman–Crippen LogP) is 1.98. The Morgan fingerprint density at radius 1 is 1.27 bits per heavy atom. The van der Waals surface area contributed by atoms with Crippen LogP contribution in [0.25, 0.3) is 6.08 Å². The van der Waals surface area contributed by atoms with E-state index in [9.17, 15) is 0 Å². The number of ether oxygens (including phenoxy) is 2. The molecule has 1 rings (SSSR count). The Balaban J connectivity index is 3.18. The molecule has 2 N–H and O–H groups in total. The summed E-state index contributed by atoms with van der Waals surface area (Å²) in [6, 6.07) is 3.88. The number of hydrogen-bond donors (Lipinski definition) is 1. The fraction of sp³-hybridized carbons (Fsp3) is 0.333. The molecule has 0 spiro atoms. The molecule has 3 heteroatoms. The van der Waals surface area contributed by atoms with Crippen LogP contribution in [-0.4, -0.2) is 20.8 Å². The molecule has 0 bridgehead atoms. The number of rotatable bonds is 4. The van der Waals surface area contributed by atoms with Crippen molar-refractivity contribution >= 4 is 6.08 Å². The van der Waals surface area contributed by atoms with Gasteiger partial charge in [0.05, 0.1) is 14.2 Å². The van der Waals surface area contributed by atoms with Crippen molar-refractivity contribution in [3.05, 3.63) is 29.3 Å². The molecule has 82 valence electrons. The zero-order chi connectivity index (χ0) is 11.3. The van der Waals surface area contributed by atoms with Crippen LogP contribution in [0.15, 0.2) is 18.2 Å². The van der Waals surface area contributed by atoms with E-state index in [-0.39, 0.29) is 0 Å². The van der Waals surface area contributed by atoms with Gasteiger partial charge >= 0.3 is 0 Å². The van der Waals surface area contributed by atoms with E-state index in [1.165, 1.54) is 0 Å². The van der Waals surface area contributed by atoms with Gasteiger partial charge in [-0.15, -0.1) is 0 Å². The van der Waals surface area contributed by atoms with E-state index in [2.05, 4.69) is 0 Å². The first-order chi connectivity index (χ1) is 7.24. The van der Waals surface area contributed by atoms with Gasteiger partial charge in [-0.2, -0.15) is 0 Å². The molecule has 1 aromatic rings. The molecule has 0 fully saturated rings. The first kappa shape index (κ1) is 11.6. The normalized spacial score (nSPS) is 10.7. The fourth-order valence-electron chi connectivity index (χ4n) is 1.51. The van der Waals surface area contributed by atoms with Crippen molar-refractivity contribution in [3.63, 3.8) is 0 Å². The maximum absolute atomic E-state index is 5.41. The van der Waals surface area contributed by atoms with Crippen LogP contribution < -0.4 is 15.2 Å². The zero-order valence-corrected chi connectivity index (χ0v) is 9.41. The average molecular weight is 207 g/mol. The van der Waals surface area contributed by atoms with Crippen molar-refractivity contribution in [1.82, 2.24) is 0 Å². The van der Waals surface area contributed by atoms with Gasteiger partial charge in [-0.1, -0.05) is 12.2 Å². The van der Waals surface area contributed by atoms with Crippen LogP contribution in [-0.2, 0) is 0 Å². The molecule has 0 heterocycles. The highest BCUT2D eigenvalue weighted by atomic mass is 16.5. The van der Waals surface area contributed by atoms with Crippen molar-refractivity contribution in [2.75, 3.05) is 20.8 Å². The summed E-state index contributed by atoms with van der Waals surface area (Å²) in [4.78, 5) is 0. The highest BCUT2D eigenvalue weighted by molar-refractivity contribution is 5.63. The van der Waals surface area contributed by atoms with Crippen LogP contribution in [0.1, 0.15) is 11.1 Å². The van der Waals surface area contributed by atoms with E-state index < -0.39 is 0 Å². The van der Waals surface area contributed by atoms with Crippen LogP contribution in [0.3, 0.4) is 0 Å². The van der Waals surface area contributed by atoms with E-state index in [0.717, 1.165) is 22.6 Å². The molecule has 0 aliphatic carbocycles. The lowest BCUT2D eigenvalue weighted by Crippen LogP contribution is -1.96. The third kappa shape index (κ3) is 2.50. The number of methoxy groups -OCH3 is 2. The molecular formula is C12H17NO2. The Hall–Kier alpha value is -1.48. The van der Waals surface area contributed by atoms with Gasteiger partial charge in [0, 0.05) is 17.7 Å². The molecule has 0 saturated heterocycles. The number of benzene rings is 1. The van der Waals surface area contributed by atoms with Crippen molar-refractivity contribution in [2.24, 2.45) is 5.73 Å². The summed E-state index contributed by atoms with van der Waals surface area (Å²) in [5.74, 6) is 1.66. The zero-order valence-electron chi connectivity index (χ0n) is 9.41. The Morgan fingerprint density at radius 2 is 2.00 bits per heavy atom. The van der Waals surface area contributed by atoms with E-state index in [1.807, 2.05) is 31.2 Å². The second-order valence-electron chi connectivity index (χ2n) is 3.15. The Morgan fingerprint density at radius 3 is 2.53 bits per heavy atom. The van der Waals surface area contributed by atoms with Crippen molar-refractivity contribution in [1.29, 1.82) is 0 Å². The molecule has 3 nitrogen and oxygen atoms in total. The predicted molar refractivity (Wildman–Crippen MR) is 62.4 cm³/mol. The molecule has 1 aromatic carbocycles. The largest absolute Gasteiger partial charge is 0.496 e. The van der Waals surface area contributed by atoms with Crippen molar-refractivity contribution < 1.29 is 9.47 Å². The molecule has 0 atom stereocenters. The van der Waals surface area contributed by atoms with E-state index in [4.69, 9.17) is 15.2 Å².